The second-order valence-corrected chi connectivity index (χ2v) is 4.48. The Balaban J connectivity index is 2.13. The van der Waals surface area contributed by atoms with Gasteiger partial charge in [0.1, 0.15) is 5.56 Å². The van der Waals surface area contributed by atoms with Gasteiger partial charge in [-0.05, 0) is 29.0 Å². The highest BCUT2D eigenvalue weighted by atomic mass is 35.5. The van der Waals surface area contributed by atoms with Gasteiger partial charge in [0.15, 0.2) is 0 Å². The third-order valence-electron chi connectivity index (χ3n) is 2.84. The Kier molecular flexibility index (Phi) is 2.72. The van der Waals surface area contributed by atoms with Gasteiger partial charge in [-0.1, -0.05) is 23.7 Å². The Hall–Kier alpha value is -2.33. The summed E-state index contributed by atoms with van der Waals surface area (Å²) in [5, 5.41) is 4.36. The van der Waals surface area contributed by atoms with Gasteiger partial charge >= 0.3 is 11.8 Å². The van der Waals surface area contributed by atoms with Gasteiger partial charge in [-0.2, -0.15) is 0 Å². The van der Waals surface area contributed by atoms with Crippen LogP contribution in [0, 0.1) is 0 Å². The molecule has 0 radical (unpaired) electrons. The first-order valence-corrected chi connectivity index (χ1v) is 5.99. The molecular weight excluding hydrogens is 264 g/mol. The van der Waals surface area contributed by atoms with Crippen LogP contribution in [0.5, 0.6) is 0 Å². The number of fused-ring (bicyclic) bond motifs is 1. The normalized spacial score (nSPS) is 14.1. The van der Waals surface area contributed by atoms with Crippen LogP contribution in [0.15, 0.2) is 53.6 Å². The molecule has 92 valence electrons. The van der Waals surface area contributed by atoms with E-state index in [4.69, 9.17) is 11.6 Å². The number of nitrogens with zero attached hydrogens (tertiary/aromatic N) is 2. The van der Waals surface area contributed by atoms with Crippen LogP contribution in [0.3, 0.4) is 0 Å². The van der Waals surface area contributed by atoms with Crippen LogP contribution in [0.25, 0.3) is 0 Å². The lowest BCUT2D eigenvalue weighted by molar-refractivity contribution is -0.407. The first kappa shape index (κ1) is 11.7. The number of rotatable bonds is 1. The molecular formula is C14H8ClN2O2+. The van der Waals surface area contributed by atoms with Gasteiger partial charge < -0.3 is 0 Å². The monoisotopic (exact) mass is 271 g/mol. The van der Waals surface area contributed by atoms with Gasteiger partial charge in [-0.25, -0.2) is 4.79 Å². The van der Waals surface area contributed by atoms with Crippen molar-refractivity contribution in [3.8, 4) is 0 Å². The second kappa shape index (κ2) is 4.40. The molecule has 5 heteroatoms. The van der Waals surface area contributed by atoms with Gasteiger partial charge in [-0.3, -0.25) is 4.79 Å². The zero-order chi connectivity index (χ0) is 13.4. The summed E-state index contributed by atoms with van der Waals surface area (Å²) in [5.41, 5.74) is 1.20. The minimum absolute atomic E-state index is 0.322. The highest BCUT2D eigenvalue weighted by Crippen LogP contribution is 2.24. The van der Waals surface area contributed by atoms with Gasteiger partial charge in [0.2, 0.25) is 5.69 Å². The first-order chi connectivity index (χ1) is 9.16. The molecule has 1 aliphatic heterocycles. The Morgan fingerprint density at radius 1 is 0.895 bits per heavy atom. The Bertz CT molecular complexity index is 720. The molecule has 1 heterocycles. The SMILES string of the molecule is O=C1N=[N+](c2ccc(Cl)cc2)C(=O)c2ccccc21. The summed E-state index contributed by atoms with van der Waals surface area (Å²) in [6, 6.07) is 13.2. The van der Waals surface area contributed by atoms with Crippen molar-refractivity contribution in [2.75, 3.05) is 0 Å². The second-order valence-electron chi connectivity index (χ2n) is 4.04. The fourth-order valence-corrected chi connectivity index (χ4v) is 2.04. The van der Waals surface area contributed by atoms with Crippen LogP contribution in [0.4, 0.5) is 5.69 Å². The van der Waals surface area contributed by atoms with E-state index in [-0.39, 0.29) is 5.91 Å². The van der Waals surface area contributed by atoms with Crippen molar-refractivity contribution < 1.29 is 14.3 Å². The van der Waals surface area contributed by atoms with E-state index in [2.05, 4.69) is 5.11 Å². The summed E-state index contributed by atoms with van der Waals surface area (Å²) in [7, 11) is 0. The molecule has 0 saturated carbocycles. The van der Waals surface area contributed by atoms with Gasteiger partial charge in [0.05, 0.1) is 10.7 Å². The van der Waals surface area contributed by atoms with Gasteiger partial charge in [0.25, 0.3) is 0 Å². The number of azo groups is 2. The van der Waals surface area contributed by atoms with Crippen molar-refractivity contribution in [2.45, 2.75) is 0 Å². The summed E-state index contributed by atoms with van der Waals surface area (Å²) >= 11 is 5.80. The van der Waals surface area contributed by atoms with Crippen molar-refractivity contribution in [1.29, 1.82) is 0 Å². The van der Waals surface area contributed by atoms with Gasteiger partial charge in [0, 0.05) is 17.2 Å². The predicted molar refractivity (Wildman–Crippen MR) is 68.9 cm³/mol. The number of hydrogen-bond acceptors (Lipinski definition) is 2. The molecule has 19 heavy (non-hydrogen) atoms. The molecule has 2 aromatic carbocycles. The minimum Gasteiger partial charge on any atom is -0.260 e. The fourth-order valence-electron chi connectivity index (χ4n) is 1.92. The van der Waals surface area contributed by atoms with E-state index in [1.807, 2.05) is 0 Å². The molecule has 4 nitrogen and oxygen atoms in total. The van der Waals surface area contributed by atoms with Crippen LogP contribution in [0.2, 0.25) is 5.02 Å². The smallest absolute Gasteiger partial charge is 0.260 e. The largest absolute Gasteiger partial charge is 0.451 e. The first-order valence-electron chi connectivity index (χ1n) is 5.62. The van der Waals surface area contributed by atoms with Crippen LogP contribution < -0.4 is 0 Å². The topological polar surface area (TPSA) is 49.5 Å². The summed E-state index contributed by atoms with van der Waals surface area (Å²) in [5.74, 6) is -0.748. The highest BCUT2D eigenvalue weighted by molar-refractivity contribution is 6.30. The van der Waals surface area contributed by atoms with Crippen LogP contribution in [-0.2, 0) is 0 Å². The summed E-state index contributed by atoms with van der Waals surface area (Å²) in [6.45, 7) is 0. The predicted octanol–water partition coefficient (Wildman–Crippen LogP) is 3.43. The van der Waals surface area contributed by atoms with Crippen LogP contribution in [-0.4, -0.2) is 16.5 Å². The number of benzene rings is 2. The molecule has 1 aliphatic rings. The summed E-state index contributed by atoms with van der Waals surface area (Å²) in [6.07, 6.45) is 0. The van der Waals surface area contributed by atoms with Crippen molar-refractivity contribution in [2.24, 2.45) is 5.11 Å². The number of hydrogen-bond donors (Lipinski definition) is 0. The van der Waals surface area contributed by atoms with E-state index < -0.39 is 5.91 Å². The van der Waals surface area contributed by atoms with E-state index in [0.717, 1.165) is 4.70 Å². The Morgan fingerprint density at radius 3 is 2.21 bits per heavy atom. The quantitative estimate of drug-likeness (QED) is 0.746. The molecule has 0 N–H and O–H groups in total. The average Bonchev–Trinajstić information content (AvgIpc) is 2.44. The summed E-state index contributed by atoms with van der Waals surface area (Å²) < 4.78 is 1.10. The number of amides is 2. The maximum Gasteiger partial charge on any atom is 0.451 e. The van der Waals surface area contributed by atoms with E-state index >= 15 is 0 Å². The molecule has 3 rings (SSSR count). The van der Waals surface area contributed by atoms with E-state index in [0.29, 0.717) is 21.8 Å². The minimum atomic E-state index is -0.426. The zero-order valence-corrected chi connectivity index (χ0v) is 10.5. The fraction of sp³-hybridized carbons (Fsp3) is 0. The van der Waals surface area contributed by atoms with Crippen molar-refractivity contribution in [3.05, 3.63) is 64.7 Å². The Morgan fingerprint density at radius 2 is 1.53 bits per heavy atom. The molecule has 0 atom stereocenters. The third-order valence-corrected chi connectivity index (χ3v) is 3.09. The molecule has 2 aromatic rings. The molecule has 0 saturated heterocycles. The van der Waals surface area contributed by atoms with Crippen molar-refractivity contribution in [3.63, 3.8) is 0 Å². The molecule has 2 amide bonds. The number of halogens is 1. The standard InChI is InChI=1S/C14H8ClN2O2/c15-9-5-7-10(8-6-9)17-14(19)12-4-2-1-3-11(12)13(18)16-17/h1-8H/q+1. The lowest BCUT2D eigenvalue weighted by Crippen LogP contribution is -2.24. The van der Waals surface area contributed by atoms with Crippen molar-refractivity contribution >= 4 is 29.1 Å². The molecule has 0 aliphatic carbocycles. The van der Waals surface area contributed by atoms with E-state index in [1.54, 1.807) is 48.5 Å². The zero-order valence-electron chi connectivity index (χ0n) is 9.71. The molecule has 0 aromatic heterocycles. The summed E-state index contributed by atoms with van der Waals surface area (Å²) in [4.78, 5) is 24.2. The van der Waals surface area contributed by atoms with E-state index in [9.17, 15) is 9.59 Å². The lowest BCUT2D eigenvalue weighted by Gasteiger charge is -2.06. The molecule has 0 unspecified atom stereocenters. The maximum absolute atomic E-state index is 12.3. The van der Waals surface area contributed by atoms with Gasteiger partial charge in [-0.15, -0.1) is 0 Å². The van der Waals surface area contributed by atoms with Crippen LogP contribution in [0.1, 0.15) is 20.7 Å². The highest BCUT2D eigenvalue weighted by Gasteiger charge is 2.35. The lowest BCUT2D eigenvalue weighted by atomic mass is 10.0. The van der Waals surface area contributed by atoms with Crippen LogP contribution >= 0.6 is 11.6 Å². The van der Waals surface area contributed by atoms with E-state index in [1.165, 1.54) is 0 Å². The molecule has 0 spiro atoms. The number of carbonyl (C=O) groups excluding carboxylic acids is 2. The maximum atomic E-state index is 12.3. The third kappa shape index (κ3) is 1.96. The Labute approximate surface area is 113 Å². The number of carbonyl (C=O) groups is 2. The molecule has 0 fully saturated rings. The average molecular weight is 272 g/mol. The molecule has 0 bridgehead atoms. The van der Waals surface area contributed by atoms with Crippen molar-refractivity contribution in [1.82, 2.24) is 0 Å².